The van der Waals surface area contributed by atoms with Crippen LogP contribution >= 0.6 is 0 Å². The summed E-state index contributed by atoms with van der Waals surface area (Å²) < 4.78 is 10.8. The number of hydrogen-bond acceptors (Lipinski definition) is 3. The van der Waals surface area contributed by atoms with Crippen LogP contribution in [-0.2, 0) is 16.1 Å². The maximum atomic E-state index is 11.7. The molecule has 0 aliphatic heterocycles. The van der Waals surface area contributed by atoms with Crippen molar-refractivity contribution in [2.45, 2.75) is 39.9 Å². The molecular formula is C16H26N2O3. The molecule has 5 heteroatoms. The summed E-state index contributed by atoms with van der Waals surface area (Å²) in [5.41, 5.74) is 1.81. The molecule has 1 aromatic carbocycles. The molecule has 0 fully saturated rings. The molecule has 0 saturated heterocycles. The summed E-state index contributed by atoms with van der Waals surface area (Å²) in [5.74, 6) is 0. The molecule has 0 atom stereocenters. The van der Waals surface area contributed by atoms with E-state index in [0.717, 1.165) is 17.7 Å². The van der Waals surface area contributed by atoms with E-state index in [1.54, 1.807) is 0 Å². The minimum Gasteiger partial charge on any atom is -0.382 e. The van der Waals surface area contributed by atoms with Crippen LogP contribution in [-0.4, -0.2) is 31.9 Å². The molecule has 0 unspecified atom stereocenters. The van der Waals surface area contributed by atoms with Crippen molar-refractivity contribution in [1.29, 1.82) is 0 Å². The van der Waals surface area contributed by atoms with Gasteiger partial charge < -0.3 is 20.1 Å². The van der Waals surface area contributed by atoms with Gasteiger partial charge in [-0.15, -0.1) is 0 Å². The maximum absolute atomic E-state index is 11.7. The van der Waals surface area contributed by atoms with Gasteiger partial charge in [0.2, 0.25) is 0 Å². The average Bonchev–Trinajstić information content (AvgIpc) is 2.45. The van der Waals surface area contributed by atoms with Crippen LogP contribution in [0.3, 0.4) is 0 Å². The topological polar surface area (TPSA) is 59.6 Å². The standard InChI is InChI=1S/C16H26N2O3/c1-4-20-10-6-9-17-16(19)18-15-8-5-7-14(11-15)12-21-13(2)3/h5,7-8,11,13H,4,6,9-10,12H2,1-3H3,(H2,17,18,19). The molecule has 0 aromatic heterocycles. The first-order chi connectivity index (χ1) is 10.1. The first kappa shape index (κ1) is 17.5. The summed E-state index contributed by atoms with van der Waals surface area (Å²) >= 11 is 0. The molecule has 0 aliphatic carbocycles. The largest absolute Gasteiger partial charge is 0.382 e. The van der Waals surface area contributed by atoms with Gasteiger partial charge in [0, 0.05) is 25.4 Å². The summed E-state index contributed by atoms with van der Waals surface area (Å²) in [6.45, 7) is 8.47. The zero-order chi connectivity index (χ0) is 15.5. The Bertz CT molecular complexity index is 422. The number of urea groups is 1. The number of anilines is 1. The molecule has 0 saturated carbocycles. The zero-order valence-corrected chi connectivity index (χ0v) is 13.1. The third kappa shape index (κ3) is 8.32. The van der Waals surface area contributed by atoms with Gasteiger partial charge in [-0.3, -0.25) is 0 Å². The van der Waals surface area contributed by atoms with Crippen molar-refractivity contribution >= 4 is 11.7 Å². The predicted molar refractivity (Wildman–Crippen MR) is 84.5 cm³/mol. The Morgan fingerprint density at radius 2 is 2.14 bits per heavy atom. The molecule has 21 heavy (non-hydrogen) atoms. The van der Waals surface area contributed by atoms with Gasteiger partial charge in [0.25, 0.3) is 0 Å². The maximum Gasteiger partial charge on any atom is 0.319 e. The minimum absolute atomic E-state index is 0.190. The molecule has 0 heterocycles. The molecule has 1 rings (SSSR count). The van der Waals surface area contributed by atoms with E-state index in [4.69, 9.17) is 9.47 Å². The lowest BCUT2D eigenvalue weighted by Gasteiger charge is -2.10. The zero-order valence-electron chi connectivity index (χ0n) is 13.1. The number of carbonyl (C=O) groups is 1. The van der Waals surface area contributed by atoms with Crippen molar-refractivity contribution in [3.63, 3.8) is 0 Å². The molecule has 2 amide bonds. The second-order valence-corrected chi connectivity index (χ2v) is 4.99. The van der Waals surface area contributed by atoms with Crippen LogP contribution in [0.5, 0.6) is 0 Å². The van der Waals surface area contributed by atoms with E-state index in [1.807, 2.05) is 45.0 Å². The Hall–Kier alpha value is -1.59. The van der Waals surface area contributed by atoms with Crippen molar-refractivity contribution in [2.75, 3.05) is 25.1 Å². The Morgan fingerprint density at radius 1 is 1.33 bits per heavy atom. The van der Waals surface area contributed by atoms with E-state index >= 15 is 0 Å². The van der Waals surface area contributed by atoms with Gasteiger partial charge in [-0.05, 0) is 44.9 Å². The summed E-state index contributed by atoms with van der Waals surface area (Å²) in [5, 5.41) is 5.61. The fourth-order valence-corrected chi connectivity index (χ4v) is 1.70. The van der Waals surface area contributed by atoms with Crippen molar-refractivity contribution in [3.05, 3.63) is 29.8 Å². The fraction of sp³-hybridized carbons (Fsp3) is 0.562. The monoisotopic (exact) mass is 294 g/mol. The van der Waals surface area contributed by atoms with Gasteiger partial charge in [-0.25, -0.2) is 4.79 Å². The van der Waals surface area contributed by atoms with Crippen LogP contribution in [0.2, 0.25) is 0 Å². The van der Waals surface area contributed by atoms with Crippen molar-refractivity contribution < 1.29 is 14.3 Å². The van der Waals surface area contributed by atoms with Crippen LogP contribution in [0.25, 0.3) is 0 Å². The van der Waals surface area contributed by atoms with Gasteiger partial charge in [0.15, 0.2) is 0 Å². The van der Waals surface area contributed by atoms with Crippen molar-refractivity contribution in [3.8, 4) is 0 Å². The van der Waals surface area contributed by atoms with E-state index in [1.165, 1.54) is 0 Å². The van der Waals surface area contributed by atoms with Gasteiger partial charge in [-0.2, -0.15) is 0 Å². The number of rotatable bonds is 9. The van der Waals surface area contributed by atoms with E-state index in [9.17, 15) is 4.79 Å². The Kier molecular flexibility index (Phi) is 8.47. The first-order valence-electron chi connectivity index (χ1n) is 7.45. The Balaban J connectivity index is 2.33. The second kappa shape index (κ2) is 10.2. The van der Waals surface area contributed by atoms with Crippen LogP contribution < -0.4 is 10.6 Å². The average molecular weight is 294 g/mol. The Morgan fingerprint density at radius 3 is 2.86 bits per heavy atom. The lowest BCUT2D eigenvalue weighted by Crippen LogP contribution is -2.30. The molecule has 2 N–H and O–H groups in total. The molecule has 1 aromatic rings. The molecule has 0 bridgehead atoms. The van der Waals surface area contributed by atoms with E-state index < -0.39 is 0 Å². The first-order valence-corrected chi connectivity index (χ1v) is 7.45. The van der Waals surface area contributed by atoms with Crippen LogP contribution in [0, 0.1) is 0 Å². The number of amides is 2. The predicted octanol–water partition coefficient (Wildman–Crippen LogP) is 3.16. The quantitative estimate of drug-likeness (QED) is 0.688. The van der Waals surface area contributed by atoms with Crippen molar-refractivity contribution in [1.82, 2.24) is 5.32 Å². The van der Waals surface area contributed by atoms with E-state index in [0.29, 0.717) is 26.4 Å². The van der Waals surface area contributed by atoms with Crippen LogP contribution in [0.4, 0.5) is 10.5 Å². The van der Waals surface area contributed by atoms with Crippen LogP contribution in [0.15, 0.2) is 24.3 Å². The molecule has 0 radical (unpaired) electrons. The lowest BCUT2D eigenvalue weighted by molar-refractivity contribution is 0.0657. The van der Waals surface area contributed by atoms with Gasteiger partial charge in [0.1, 0.15) is 0 Å². The highest BCUT2D eigenvalue weighted by atomic mass is 16.5. The van der Waals surface area contributed by atoms with Crippen LogP contribution in [0.1, 0.15) is 32.8 Å². The normalized spacial score (nSPS) is 10.7. The van der Waals surface area contributed by atoms with E-state index in [-0.39, 0.29) is 12.1 Å². The second-order valence-electron chi connectivity index (χ2n) is 4.99. The number of benzene rings is 1. The fourth-order valence-electron chi connectivity index (χ4n) is 1.70. The summed E-state index contributed by atoms with van der Waals surface area (Å²) in [6.07, 6.45) is 0.999. The molecule has 0 aliphatic rings. The summed E-state index contributed by atoms with van der Waals surface area (Å²) in [6, 6.07) is 7.46. The molecule has 0 spiro atoms. The minimum atomic E-state index is -0.201. The summed E-state index contributed by atoms with van der Waals surface area (Å²) in [7, 11) is 0. The summed E-state index contributed by atoms with van der Waals surface area (Å²) in [4.78, 5) is 11.7. The highest BCUT2D eigenvalue weighted by molar-refractivity contribution is 5.89. The molecule has 118 valence electrons. The SMILES string of the molecule is CCOCCCNC(=O)Nc1cccc(COC(C)C)c1. The lowest BCUT2D eigenvalue weighted by atomic mass is 10.2. The number of carbonyl (C=O) groups excluding carboxylic acids is 1. The number of ether oxygens (including phenoxy) is 2. The number of nitrogens with one attached hydrogen (secondary N) is 2. The number of hydrogen-bond donors (Lipinski definition) is 2. The highest BCUT2D eigenvalue weighted by Crippen LogP contribution is 2.12. The highest BCUT2D eigenvalue weighted by Gasteiger charge is 2.02. The molecule has 5 nitrogen and oxygen atoms in total. The van der Waals surface area contributed by atoms with Gasteiger partial charge in [0.05, 0.1) is 12.7 Å². The van der Waals surface area contributed by atoms with E-state index in [2.05, 4.69) is 10.6 Å². The third-order valence-corrected chi connectivity index (χ3v) is 2.72. The van der Waals surface area contributed by atoms with Crippen molar-refractivity contribution in [2.24, 2.45) is 0 Å². The van der Waals surface area contributed by atoms with Gasteiger partial charge >= 0.3 is 6.03 Å². The Labute approximate surface area is 127 Å². The molecular weight excluding hydrogens is 268 g/mol. The van der Waals surface area contributed by atoms with Gasteiger partial charge in [-0.1, -0.05) is 12.1 Å². The smallest absolute Gasteiger partial charge is 0.319 e. The third-order valence-electron chi connectivity index (χ3n) is 2.72.